The van der Waals surface area contributed by atoms with Crippen LogP contribution in [0.4, 0.5) is 0 Å². The van der Waals surface area contributed by atoms with Crippen molar-refractivity contribution >= 4 is 19.8 Å². The van der Waals surface area contributed by atoms with Crippen molar-refractivity contribution in [2.45, 2.75) is 6.92 Å². The van der Waals surface area contributed by atoms with Crippen molar-refractivity contribution in [3.63, 3.8) is 0 Å². The maximum atomic E-state index is 10.8. The quantitative estimate of drug-likeness (QED) is 0.654. The van der Waals surface area contributed by atoms with E-state index < -0.39 is 7.37 Å². The van der Waals surface area contributed by atoms with Crippen LogP contribution in [0.25, 0.3) is 0 Å². The number of hydrogen-bond acceptors (Lipinski definition) is 3. The second-order valence-electron chi connectivity index (χ2n) is 1.61. The van der Waals surface area contributed by atoms with E-state index in [1.807, 2.05) is 0 Å². The molecule has 9 heavy (non-hydrogen) atoms. The Hall–Kier alpha value is 0.440. The van der Waals surface area contributed by atoms with Crippen molar-refractivity contribution in [3.05, 3.63) is 0 Å². The normalized spacial score (nSPS) is 15.9. The Morgan fingerprint density at radius 3 is 2.22 bits per heavy atom. The highest BCUT2D eigenvalue weighted by Gasteiger charge is 2.09. The summed E-state index contributed by atoms with van der Waals surface area (Å²) in [5.74, 6) is 0. The van der Waals surface area contributed by atoms with Crippen molar-refractivity contribution in [1.29, 1.82) is 0 Å². The van der Waals surface area contributed by atoms with Gasteiger partial charge in [0.05, 0.1) is 12.9 Å². The zero-order valence-corrected chi connectivity index (χ0v) is 7.37. The van der Waals surface area contributed by atoms with E-state index in [1.165, 1.54) is 6.66 Å². The van der Waals surface area contributed by atoms with Crippen molar-refractivity contribution in [1.82, 2.24) is 0 Å². The lowest BCUT2D eigenvalue weighted by atomic mass is 10.9. The van der Waals surface area contributed by atoms with E-state index in [-0.39, 0.29) is 18.7 Å². The van der Waals surface area contributed by atoms with Gasteiger partial charge in [0, 0.05) is 6.66 Å². The molecule has 1 unspecified atom stereocenters. The largest absolute Gasteiger partial charge is 0.328 e. The lowest BCUT2D eigenvalue weighted by molar-refractivity contribution is 0.337. The Bertz CT molecular complexity index is 109. The predicted octanol–water partition coefficient (Wildman–Crippen LogP) is 1.27. The summed E-state index contributed by atoms with van der Waals surface area (Å²) in [5.41, 5.74) is 5.10. The second-order valence-corrected chi connectivity index (χ2v) is 4.27. The lowest BCUT2D eigenvalue weighted by Crippen LogP contribution is -2.02. The van der Waals surface area contributed by atoms with Crippen LogP contribution in [0.15, 0.2) is 0 Å². The van der Waals surface area contributed by atoms with Gasteiger partial charge >= 0.3 is 0 Å². The van der Waals surface area contributed by atoms with Gasteiger partial charge in [-0.3, -0.25) is 4.57 Å². The molecular formula is C4H13ClNO2P. The molecule has 0 saturated carbocycles. The van der Waals surface area contributed by atoms with Crippen LogP contribution in [-0.4, -0.2) is 19.6 Å². The van der Waals surface area contributed by atoms with Gasteiger partial charge in [-0.15, -0.1) is 12.4 Å². The van der Waals surface area contributed by atoms with Crippen LogP contribution in [0.5, 0.6) is 0 Å². The summed E-state index contributed by atoms with van der Waals surface area (Å²) in [6.07, 6.45) is 0.140. The molecule has 0 rings (SSSR count). The SMILES string of the molecule is CCOP(C)(=O)CN.Cl. The van der Waals surface area contributed by atoms with Gasteiger partial charge in [0.2, 0.25) is 7.37 Å². The van der Waals surface area contributed by atoms with Crippen LogP contribution in [0.2, 0.25) is 0 Å². The third-order valence-corrected chi connectivity index (χ3v) is 2.20. The number of halogens is 1. The molecule has 58 valence electrons. The fourth-order valence-corrected chi connectivity index (χ4v) is 0.977. The number of nitrogens with two attached hydrogens (primary N) is 1. The molecule has 0 aromatic heterocycles. The average molecular weight is 174 g/mol. The molecule has 0 aliphatic carbocycles. The molecule has 3 nitrogen and oxygen atoms in total. The minimum Gasteiger partial charge on any atom is -0.328 e. The zero-order valence-electron chi connectivity index (χ0n) is 5.66. The second kappa shape index (κ2) is 5.24. The van der Waals surface area contributed by atoms with Gasteiger partial charge in [-0.2, -0.15) is 0 Å². The van der Waals surface area contributed by atoms with E-state index >= 15 is 0 Å². The van der Waals surface area contributed by atoms with Crippen LogP contribution in [0.1, 0.15) is 6.92 Å². The molecule has 0 aromatic carbocycles. The Balaban J connectivity index is 0. The van der Waals surface area contributed by atoms with Gasteiger partial charge in [-0.05, 0) is 6.92 Å². The highest BCUT2D eigenvalue weighted by Crippen LogP contribution is 2.39. The fraction of sp³-hybridized carbons (Fsp3) is 1.00. The molecule has 1 atom stereocenters. The summed E-state index contributed by atoms with van der Waals surface area (Å²) in [5, 5.41) is 0. The molecule has 5 heteroatoms. The summed E-state index contributed by atoms with van der Waals surface area (Å²) >= 11 is 0. The standard InChI is InChI=1S/C4H12NO2P.ClH/c1-3-7-8(2,6)4-5;/h3-5H2,1-2H3;1H. The predicted molar refractivity (Wildman–Crippen MR) is 41.5 cm³/mol. The van der Waals surface area contributed by atoms with Crippen molar-refractivity contribution < 1.29 is 9.09 Å². The van der Waals surface area contributed by atoms with E-state index in [0.29, 0.717) is 6.61 Å². The van der Waals surface area contributed by atoms with Crippen molar-refractivity contribution in [3.8, 4) is 0 Å². The van der Waals surface area contributed by atoms with E-state index in [4.69, 9.17) is 10.3 Å². The Morgan fingerprint density at radius 2 is 2.11 bits per heavy atom. The topological polar surface area (TPSA) is 52.3 Å². The summed E-state index contributed by atoms with van der Waals surface area (Å²) in [7, 11) is -2.40. The van der Waals surface area contributed by atoms with Crippen LogP contribution < -0.4 is 5.73 Å². The first-order valence-electron chi connectivity index (χ1n) is 2.53. The Kier molecular flexibility index (Phi) is 7.08. The molecule has 0 aliphatic rings. The minimum absolute atomic E-state index is 0. The van der Waals surface area contributed by atoms with Crippen molar-refractivity contribution in [2.75, 3.05) is 19.6 Å². The molecule has 0 amide bonds. The number of hydrogen-bond donors (Lipinski definition) is 1. The van der Waals surface area contributed by atoms with Crippen LogP contribution in [0, 0.1) is 0 Å². The molecule has 0 fully saturated rings. The molecule has 0 spiro atoms. The van der Waals surface area contributed by atoms with Gasteiger partial charge in [0.15, 0.2) is 0 Å². The van der Waals surface area contributed by atoms with Gasteiger partial charge < -0.3 is 10.3 Å². The first-order chi connectivity index (χ1) is 3.62. The fourth-order valence-electron chi connectivity index (χ4n) is 0.326. The average Bonchev–Trinajstić information content (AvgIpc) is 1.67. The maximum absolute atomic E-state index is 10.8. The Morgan fingerprint density at radius 1 is 1.67 bits per heavy atom. The van der Waals surface area contributed by atoms with Gasteiger partial charge in [0.1, 0.15) is 0 Å². The third kappa shape index (κ3) is 6.32. The highest BCUT2D eigenvalue weighted by atomic mass is 35.5. The summed E-state index contributed by atoms with van der Waals surface area (Å²) in [4.78, 5) is 0. The monoisotopic (exact) mass is 173 g/mol. The van der Waals surface area contributed by atoms with E-state index in [1.54, 1.807) is 6.92 Å². The molecule has 0 radical (unpaired) electrons. The smallest absolute Gasteiger partial charge is 0.213 e. The molecular weight excluding hydrogens is 160 g/mol. The summed E-state index contributed by atoms with van der Waals surface area (Å²) < 4.78 is 15.6. The third-order valence-electron chi connectivity index (χ3n) is 0.734. The van der Waals surface area contributed by atoms with Crippen LogP contribution in [-0.2, 0) is 9.09 Å². The van der Waals surface area contributed by atoms with Gasteiger partial charge in [-0.25, -0.2) is 0 Å². The van der Waals surface area contributed by atoms with E-state index in [9.17, 15) is 4.57 Å². The molecule has 2 N–H and O–H groups in total. The van der Waals surface area contributed by atoms with Gasteiger partial charge in [0.25, 0.3) is 0 Å². The van der Waals surface area contributed by atoms with Crippen molar-refractivity contribution in [2.24, 2.45) is 5.73 Å². The van der Waals surface area contributed by atoms with E-state index in [0.717, 1.165) is 0 Å². The molecule has 0 saturated heterocycles. The van der Waals surface area contributed by atoms with Crippen LogP contribution in [0.3, 0.4) is 0 Å². The molecule has 0 heterocycles. The Labute approximate surface area is 61.8 Å². The summed E-state index contributed by atoms with van der Waals surface area (Å²) in [6.45, 7) is 3.81. The maximum Gasteiger partial charge on any atom is 0.213 e. The van der Waals surface area contributed by atoms with Crippen LogP contribution >= 0.6 is 19.8 Å². The minimum atomic E-state index is -2.40. The highest BCUT2D eigenvalue weighted by molar-refractivity contribution is 7.58. The summed E-state index contributed by atoms with van der Waals surface area (Å²) in [6, 6.07) is 0. The molecule has 0 bridgehead atoms. The molecule has 0 aromatic rings. The lowest BCUT2D eigenvalue weighted by Gasteiger charge is -2.07. The zero-order chi connectivity index (χ0) is 6.62. The van der Waals surface area contributed by atoms with Gasteiger partial charge in [-0.1, -0.05) is 0 Å². The number of rotatable bonds is 3. The molecule has 0 aliphatic heterocycles. The first kappa shape index (κ1) is 12.1. The van der Waals surface area contributed by atoms with E-state index in [2.05, 4.69) is 0 Å². The first-order valence-corrected chi connectivity index (χ1v) is 4.79.